The van der Waals surface area contributed by atoms with Crippen LogP contribution in [0.1, 0.15) is 29.7 Å². The highest BCUT2D eigenvalue weighted by molar-refractivity contribution is 7.10. The van der Waals surface area contributed by atoms with Crippen LogP contribution in [0.15, 0.2) is 11.4 Å². The van der Waals surface area contributed by atoms with E-state index in [4.69, 9.17) is 4.74 Å². The number of carbonyl (C=O) groups is 2. The fourth-order valence-electron chi connectivity index (χ4n) is 4.34. The maximum absolute atomic E-state index is 13.0. The van der Waals surface area contributed by atoms with Gasteiger partial charge in [0.1, 0.15) is 0 Å². The maximum Gasteiger partial charge on any atom is 0.227 e. The Kier molecular flexibility index (Phi) is 6.10. The number of carbonyl (C=O) groups excluding carboxylic acids is 2. The number of rotatable bonds is 5. The number of fused-ring (bicyclic) bond motifs is 1. The molecule has 2 fully saturated rings. The number of hydrogen-bond acceptors (Lipinski definition) is 5. The summed E-state index contributed by atoms with van der Waals surface area (Å²) in [6.45, 7) is 7.47. The Morgan fingerprint density at radius 1 is 1.19 bits per heavy atom. The van der Waals surface area contributed by atoms with E-state index in [2.05, 4.69) is 16.3 Å². The van der Waals surface area contributed by atoms with Crippen molar-refractivity contribution in [2.24, 2.45) is 5.92 Å². The fourth-order valence-corrected chi connectivity index (χ4v) is 5.23. The molecule has 1 aromatic rings. The third-order valence-electron chi connectivity index (χ3n) is 5.97. The number of likely N-dealkylation sites (tertiary alicyclic amines) is 1. The van der Waals surface area contributed by atoms with Crippen molar-refractivity contribution in [3.8, 4) is 0 Å². The average Bonchev–Trinajstić information content (AvgIpc) is 3.17. The SMILES string of the molecule is O=C1CCC(C(=O)N2CCc3sccc3C2)CN1CCCN1CCOCC1. The van der Waals surface area contributed by atoms with Crippen molar-refractivity contribution in [3.63, 3.8) is 0 Å². The average molecular weight is 392 g/mol. The summed E-state index contributed by atoms with van der Waals surface area (Å²) in [6, 6.07) is 2.14. The zero-order valence-corrected chi connectivity index (χ0v) is 16.7. The van der Waals surface area contributed by atoms with Crippen molar-refractivity contribution < 1.29 is 14.3 Å². The van der Waals surface area contributed by atoms with Crippen molar-refractivity contribution in [2.75, 3.05) is 52.5 Å². The molecule has 4 rings (SSSR count). The van der Waals surface area contributed by atoms with Gasteiger partial charge < -0.3 is 14.5 Å². The predicted octanol–water partition coefficient (Wildman–Crippen LogP) is 1.59. The Labute approximate surface area is 165 Å². The van der Waals surface area contributed by atoms with Gasteiger partial charge in [0, 0.05) is 57.1 Å². The molecule has 3 aliphatic heterocycles. The smallest absolute Gasteiger partial charge is 0.227 e. The number of thiophene rings is 1. The lowest BCUT2D eigenvalue weighted by Crippen LogP contribution is -2.48. The van der Waals surface area contributed by atoms with Crippen LogP contribution in [0.25, 0.3) is 0 Å². The standard InChI is InChI=1S/C20H29N3O3S/c24-19-3-2-17(15-22(19)7-1-6-21-9-11-26-12-10-21)20(25)23-8-4-18-16(14-23)5-13-27-18/h5,13,17H,1-4,6-12,14-15H2. The first-order valence-electron chi connectivity index (χ1n) is 10.1. The maximum atomic E-state index is 13.0. The largest absolute Gasteiger partial charge is 0.379 e. The van der Waals surface area contributed by atoms with E-state index in [1.165, 1.54) is 10.4 Å². The molecule has 0 bridgehead atoms. The number of hydrogen-bond donors (Lipinski definition) is 0. The van der Waals surface area contributed by atoms with Gasteiger partial charge in [0.2, 0.25) is 11.8 Å². The monoisotopic (exact) mass is 391 g/mol. The highest BCUT2D eigenvalue weighted by atomic mass is 32.1. The number of piperidine rings is 1. The second-order valence-corrected chi connectivity index (χ2v) is 8.76. The van der Waals surface area contributed by atoms with Crippen LogP contribution in [0.5, 0.6) is 0 Å². The molecule has 0 aliphatic carbocycles. The van der Waals surface area contributed by atoms with E-state index in [1.54, 1.807) is 11.3 Å². The zero-order chi connectivity index (χ0) is 18.6. The first kappa shape index (κ1) is 18.9. The quantitative estimate of drug-likeness (QED) is 0.765. The highest BCUT2D eigenvalue weighted by Gasteiger charge is 2.33. The normalized spacial score (nSPS) is 24.1. The summed E-state index contributed by atoms with van der Waals surface area (Å²) in [6.07, 6.45) is 3.14. The van der Waals surface area contributed by atoms with Crippen molar-refractivity contribution in [1.82, 2.24) is 14.7 Å². The fraction of sp³-hybridized carbons (Fsp3) is 0.700. The Morgan fingerprint density at radius 2 is 2.04 bits per heavy atom. The Bertz CT molecular complexity index is 671. The molecular weight excluding hydrogens is 362 g/mol. The molecule has 0 aromatic carbocycles. The minimum Gasteiger partial charge on any atom is -0.379 e. The first-order chi connectivity index (χ1) is 13.2. The van der Waals surface area contributed by atoms with Crippen LogP contribution in [0.4, 0.5) is 0 Å². The molecule has 0 spiro atoms. The van der Waals surface area contributed by atoms with Gasteiger partial charge in [0.15, 0.2) is 0 Å². The number of ether oxygens (including phenoxy) is 1. The minimum absolute atomic E-state index is 0.0359. The van der Waals surface area contributed by atoms with Crippen molar-refractivity contribution in [3.05, 3.63) is 21.9 Å². The molecule has 4 heterocycles. The van der Waals surface area contributed by atoms with E-state index < -0.39 is 0 Å². The Balaban J connectivity index is 1.27. The van der Waals surface area contributed by atoms with Crippen LogP contribution in [-0.4, -0.2) is 79.0 Å². The van der Waals surface area contributed by atoms with Gasteiger partial charge in [0.05, 0.1) is 19.1 Å². The molecule has 7 heteroatoms. The van der Waals surface area contributed by atoms with Gasteiger partial charge in [-0.25, -0.2) is 0 Å². The van der Waals surface area contributed by atoms with Crippen molar-refractivity contribution in [1.29, 1.82) is 0 Å². The van der Waals surface area contributed by atoms with Gasteiger partial charge in [-0.05, 0) is 36.3 Å². The Morgan fingerprint density at radius 3 is 2.89 bits per heavy atom. The van der Waals surface area contributed by atoms with Crippen LogP contribution < -0.4 is 0 Å². The molecule has 2 saturated heterocycles. The lowest BCUT2D eigenvalue weighted by Gasteiger charge is -2.36. The summed E-state index contributed by atoms with van der Waals surface area (Å²) in [7, 11) is 0. The Hall–Kier alpha value is -1.44. The molecule has 0 saturated carbocycles. The molecule has 1 atom stereocenters. The van der Waals surface area contributed by atoms with Crippen LogP contribution in [0.3, 0.4) is 0 Å². The van der Waals surface area contributed by atoms with Crippen LogP contribution >= 0.6 is 11.3 Å². The van der Waals surface area contributed by atoms with Gasteiger partial charge in [-0.15, -0.1) is 11.3 Å². The molecular formula is C20H29N3O3S. The van der Waals surface area contributed by atoms with E-state index in [1.807, 2.05) is 9.80 Å². The summed E-state index contributed by atoms with van der Waals surface area (Å²) < 4.78 is 5.38. The van der Waals surface area contributed by atoms with Crippen LogP contribution in [0.2, 0.25) is 0 Å². The third kappa shape index (κ3) is 4.52. The number of morpholine rings is 1. The van der Waals surface area contributed by atoms with Gasteiger partial charge in [-0.1, -0.05) is 0 Å². The van der Waals surface area contributed by atoms with Crippen LogP contribution in [0, 0.1) is 5.92 Å². The van der Waals surface area contributed by atoms with E-state index in [0.717, 1.165) is 65.3 Å². The molecule has 0 N–H and O–H groups in total. The van der Waals surface area contributed by atoms with Gasteiger partial charge in [-0.3, -0.25) is 14.5 Å². The molecule has 0 radical (unpaired) electrons. The van der Waals surface area contributed by atoms with Gasteiger partial charge >= 0.3 is 0 Å². The minimum atomic E-state index is -0.0359. The number of nitrogens with zero attached hydrogens (tertiary/aromatic N) is 3. The third-order valence-corrected chi connectivity index (χ3v) is 7.00. The molecule has 27 heavy (non-hydrogen) atoms. The van der Waals surface area contributed by atoms with E-state index >= 15 is 0 Å². The summed E-state index contributed by atoms with van der Waals surface area (Å²) >= 11 is 1.79. The molecule has 2 amide bonds. The second kappa shape index (κ2) is 8.71. The zero-order valence-electron chi connectivity index (χ0n) is 15.9. The van der Waals surface area contributed by atoms with Crippen molar-refractivity contribution in [2.45, 2.75) is 32.2 Å². The molecule has 6 nitrogen and oxygen atoms in total. The van der Waals surface area contributed by atoms with E-state index in [-0.39, 0.29) is 17.7 Å². The topological polar surface area (TPSA) is 53.1 Å². The second-order valence-electron chi connectivity index (χ2n) is 7.76. The predicted molar refractivity (Wildman–Crippen MR) is 105 cm³/mol. The molecule has 1 aromatic heterocycles. The highest BCUT2D eigenvalue weighted by Crippen LogP contribution is 2.27. The van der Waals surface area contributed by atoms with Gasteiger partial charge in [-0.2, -0.15) is 0 Å². The summed E-state index contributed by atoms with van der Waals surface area (Å²) in [4.78, 5) is 33.1. The lowest BCUT2D eigenvalue weighted by molar-refractivity contribution is -0.143. The summed E-state index contributed by atoms with van der Waals surface area (Å²) in [5.41, 5.74) is 1.30. The van der Waals surface area contributed by atoms with Crippen molar-refractivity contribution >= 4 is 23.2 Å². The van der Waals surface area contributed by atoms with Gasteiger partial charge in [0.25, 0.3) is 0 Å². The summed E-state index contributed by atoms with van der Waals surface area (Å²) in [5, 5.41) is 2.12. The lowest BCUT2D eigenvalue weighted by atomic mass is 9.94. The van der Waals surface area contributed by atoms with Crippen LogP contribution in [-0.2, 0) is 27.3 Å². The number of amides is 2. The molecule has 1 unspecified atom stereocenters. The van der Waals surface area contributed by atoms with E-state index in [9.17, 15) is 9.59 Å². The molecule has 148 valence electrons. The summed E-state index contributed by atoms with van der Waals surface area (Å²) in [5.74, 6) is 0.406. The molecule has 3 aliphatic rings. The first-order valence-corrected chi connectivity index (χ1v) is 11.0. The van der Waals surface area contributed by atoms with E-state index in [0.29, 0.717) is 19.4 Å².